The average Bonchev–Trinajstić information content (AvgIpc) is 3.05. The number of hydrogen-bond donors (Lipinski definition) is 1. The van der Waals surface area contributed by atoms with Gasteiger partial charge in [-0.15, -0.1) is 0 Å². The van der Waals surface area contributed by atoms with Crippen molar-refractivity contribution in [1.29, 1.82) is 0 Å². The van der Waals surface area contributed by atoms with Crippen LogP contribution >= 0.6 is 0 Å². The minimum absolute atomic E-state index is 0.00810. The van der Waals surface area contributed by atoms with Gasteiger partial charge < -0.3 is 14.6 Å². The Labute approximate surface area is 107 Å². The third-order valence-electron chi connectivity index (χ3n) is 4.09. The van der Waals surface area contributed by atoms with Gasteiger partial charge in [-0.05, 0) is 19.4 Å². The van der Waals surface area contributed by atoms with Gasteiger partial charge in [0.05, 0.1) is 13.0 Å². The lowest BCUT2D eigenvalue weighted by Crippen LogP contribution is -2.27. The number of ether oxygens (including phenoxy) is 1. The van der Waals surface area contributed by atoms with Crippen molar-refractivity contribution in [2.75, 3.05) is 20.2 Å². The topological polar surface area (TPSA) is 56.2 Å². The van der Waals surface area contributed by atoms with E-state index in [-0.39, 0.29) is 11.9 Å². The first-order chi connectivity index (χ1) is 8.79. The zero-order valence-electron chi connectivity index (χ0n) is 10.7. The Morgan fingerprint density at radius 2 is 2.44 bits per heavy atom. The minimum Gasteiger partial charge on any atom is -0.469 e. The number of aromatic nitrogens is 2. The van der Waals surface area contributed by atoms with Gasteiger partial charge in [0.2, 0.25) is 0 Å². The molecule has 0 spiro atoms. The maximum Gasteiger partial charge on any atom is 0.309 e. The molecule has 0 saturated carbocycles. The molecule has 0 radical (unpaired) electrons. The summed E-state index contributed by atoms with van der Waals surface area (Å²) in [6.45, 7) is 3.00. The van der Waals surface area contributed by atoms with Crippen LogP contribution in [0.2, 0.25) is 0 Å². The molecule has 2 unspecified atom stereocenters. The van der Waals surface area contributed by atoms with Crippen LogP contribution in [0.1, 0.15) is 30.3 Å². The van der Waals surface area contributed by atoms with Crippen molar-refractivity contribution in [2.45, 2.75) is 31.7 Å². The van der Waals surface area contributed by atoms with Crippen molar-refractivity contribution in [2.24, 2.45) is 5.92 Å². The van der Waals surface area contributed by atoms with Crippen molar-refractivity contribution in [3.05, 3.63) is 17.7 Å². The maximum absolute atomic E-state index is 11.6. The van der Waals surface area contributed by atoms with E-state index in [0.29, 0.717) is 5.92 Å². The molecule has 1 N–H and O–H groups in total. The van der Waals surface area contributed by atoms with Gasteiger partial charge in [0.1, 0.15) is 5.82 Å². The third kappa shape index (κ3) is 1.92. The number of esters is 1. The predicted molar refractivity (Wildman–Crippen MR) is 66.3 cm³/mol. The van der Waals surface area contributed by atoms with Crippen molar-refractivity contribution < 1.29 is 9.53 Å². The summed E-state index contributed by atoms with van der Waals surface area (Å²) in [6.07, 6.45) is 4.72. The summed E-state index contributed by atoms with van der Waals surface area (Å²) in [6, 6.07) is 0. The number of methoxy groups -OCH3 is 1. The second kappa shape index (κ2) is 4.72. The Kier molecular flexibility index (Phi) is 3.07. The van der Waals surface area contributed by atoms with Gasteiger partial charge in [-0.2, -0.15) is 0 Å². The van der Waals surface area contributed by atoms with Crippen LogP contribution in [0.5, 0.6) is 0 Å². The Morgan fingerprint density at radius 3 is 3.17 bits per heavy atom. The molecule has 1 aromatic rings. The molecule has 0 aliphatic carbocycles. The number of imidazole rings is 1. The zero-order chi connectivity index (χ0) is 12.5. The Morgan fingerprint density at radius 1 is 1.56 bits per heavy atom. The van der Waals surface area contributed by atoms with Crippen molar-refractivity contribution in [3.8, 4) is 0 Å². The Bertz CT molecular complexity index is 449. The molecule has 0 aromatic carbocycles. The number of carbonyl (C=O) groups excluding carboxylic acids is 1. The highest BCUT2D eigenvalue weighted by Crippen LogP contribution is 2.28. The molecule has 0 bridgehead atoms. The monoisotopic (exact) mass is 249 g/mol. The summed E-state index contributed by atoms with van der Waals surface area (Å²) >= 11 is 0. The number of nitrogens with zero attached hydrogens (tertiary/aromatic N) is 2. The van der Waals surface area contributed by atoms with Crippen LogP contribution in [-0.2, 0) is 22.5 Å². The fraction of sp³-hybridized carbons (Fsp3) is 0.692. The van der Waals surface area contributed by atoms with Crippen LogP contribution in [0.25, 0.3) is 0 Å². The molecule has 1 aromatic heterocycles. The van der Waals surface area contributed by atoms with Gasteiger partial charge in [0, 0.05) is 37.3 Å². The van der Waals surface area contributed by atoms with E-state index in [4.69, 9.17) is 4.74 Å². The van der Waals surface area contributed by atoms with E-state index in [0.717, 1.165) is 38.9 Å². The number of hydrogen-bond acceptors (Lipinski definition) is 4. The van der Waals surface area contributed by atoms with Crippen LogP contribution in [-0.4, -0.2) is 35.7 Å². The SMILES string of the molecule is COC(=O)C1CCn2c(cnc2C2CCNC2)C1. The molecule has 2 aliphatic rings. The second-order valence-electron chi connectivity index (χ2n) is 5.16. The van der Waals surface area contributed by atoms with Crippen molar-refractivity contribution >= 4 is 5.97 Å². The van der Waals surface area contributed by atoms with E-state index in [9.17, 15) is 4.79 Å². The van der Waals surface area contributed by atoms with Crippen LogP contribution in [0.15, 0.2) is 6.20 Å². The molecule has 1 saturated heterocycles. The molecule has 5 heteroatoms. The van der Waals surface area contributed by atoms with Gasteiger partial charge in [-0.3, -0.25) is 4.79 Å². The predicted octanol–water partition coefficient (Wildman–Crippen LogP) is 0.695. The first kappa shape index (κ1) is 11.7. The van der Waals surface area contributed by atoms with Crippen LogP contribution in [0.4, 0.5) is 0 Å². The summed E-state index contributed by atoms with van der Waals surface area (Å²) < 4.78 is 7.14. The van der Waals surface area contributed by atoms with E-state index in [1.807, 2.05) is 6.20 Å². The van der Waals surface area contributed by atoms with Gasteiger partial charge >= 0.3 is 5.97 Å². The lowest BCUT2D eigenvalue weighted by molar-refractivity contribution is -0.146. The lowest BCUT2D eigenvalue weighted by Gasteiger charge is -2.24. The molecular weight excluding hydrogens is 230 g/mol. The van der Waals surface area contributed by atoms with Crippen LogP contribution < -0.4 is 5.32 Å². The molecule has 98 valence electrons. The van der Waals surface area contributed by atoms with Gasteiger partial charge in [-0.25, -0.2) is 4.98 Å². The van der Waals surface area contributed by atoms with E-state index in [2.05, 4.69) is 14.9 Å². The molecule has 2 atom stereocenters. The highest BCUT2D eigenvalue weighted by Gasteiger charge is 2.30. The van der Waals surface area contributed by atoms with Gasteiger partial charge in [-0.1, -0.05) is 0 Å². The molecular formula is C13H19N3O2. The van der Waals surface area contributed by atoms with E-state index < -0.39 is 0 Å². The van der Waals surface area contributed by atoms with Crippen LogP contribution in [0.3, 0.4) is 0 Å². The average molecular weight is 249 g/mol. The Balaban J connectivity index is 1.80. The Hall–Kier alpha value is -1.36. The summed E-state index contributed by atoms with van der Waals surface area (Å²) in [4.78, 5) is 16.1. The second-order valence-corrected chi connectivity index (χ2v) is 5.16. The quantitative estimate of drug-likeness (QED) is 0.784. The zero-order valence-corrected chi connectivity index (χ0v) is 10.7. The molecule has 18 heavy (non-hydrogen) atoms. The van der Waals surface area contributed by atoms with Crippen LogP contribution in [0, 0.1) is 5.92 Å². The van der Waals surface area contributed by atoms with Crippen molar-refractivity contribution in [1.82, 2.24) is 14.9 Å². The molecule has 3 heterocycles. The molecule has 2 aliphatic heterocycles. The fourth-order valence-corrected chi connectivity index (χ4v) is 3.06. The number of nitrogens with one attached hydrogen (secondary N) is 1. The standard InChI is InChI=1S/C13H19N3O2/c1-18-13(17)9-3-5-16-11(6-9)8-15-12(16)10-2-4-14-7-10/h8-10,14H,2-7H2,1H3. The summed E-state index contributed by atoms with van der Waals surface area (Å²) in [5.41, 5.74) is 1.18. The summed E-state index contributed by atoms with van der Waals surface area (Å²) in [5, 5.41) is 3.38. The number of rotatable bonds is 2. The normalized spacial score (nSPS) is 26.9. The maximum atomic E-state index is 11.6. The highest BCUT2D eigenvalue weighted by molar-refractivity contribution is 5.72. The third-order valence-corrected chi connectivity index (χ3v) is 4.09. The van der Waals surface area contributed by atoms with Gasteiger partial charge in [0.15, 0.2) is 0 Å². The lowest BCUT2D eigenvalue weighted by atomic mass is 9.96. The molecule has 0 amide bonds. The van der Waals surface area contributed by atoms with E-state index >= 15 is 0 Å². The summed E-state index contributed by atoms with van der Waals surface area (Å²) in [5.74, 6) is 1.65. The van der Waals surface area contributed by atoms with E-state index in [1.54, 1.807) is 0 Å². The van der Waals surface area contributed by atoms with E-state index in [1.165, 1.54) is 18.6 Å². The number of carbonyl (C=O) groups is 1. The first-order valence-corrected chi connectivity index (χ1v) is 6.62. The molecule has 1 fully saturated rings. The fourth-order valence-electron chi connectivity index (χ4n) is 3.06. The first-order valence-electron chi connectivity index (χ1n) is 6.62. The smallest absolute Gasteiger partial charge is 0.309 e. The molecule has 3 rings (SSSR count). The van der Waals surface area contributed by atoms with Crippen molar-refractivity contribution in [3.63, 3.8) is 0 Å². The number of fused-ring (bicyclic) bond motifs is 1. The summed E-state index contributed by atoms with van der Waals surface area (Å²) in [7, 11) is 1.46. The minimum atomic E-state index is -0.0912. The molecule has 5 nitrogen and oxygen atoms in total. The van der Waals surface area contributed by atoms with Gasteiger partial charge in [0.25, 0.3) is 0 Å². The largest absolute Gasteiger partial charge is 0.469 e. The highest BCUT2D eigenvalue weighted by atomic mass is 16.5.